The summed E-state index contributed by atoms with van der Waals surface area (Å²) in [7, 11) is 0. The predicted octanol–water partition coefficient (Wildman–Crippen LogP) is 0.768. The molecule has 2 N–H and O–H groups in total. The number of aromatic nitrogens is 4. The number of fused-ring (bicyclic) bond motifs is 3. The first-order chi connectivity index (χ1) is 17.9. The number of alkyl halides is 3. The number of amides is 1. The highest BCUT2D eigenvalue weighted by molar-refractivity contribution is 6.27. The molecule has 2 atom stereocenters. The molecule has 2 unspecified atom stereocenters. The highest BCUT2D eigenvalue weighted by Crippen LogP contribution is 2.33. The van der Waals surface area contributed by atoms with Gasteiger partial charge in [0.15, 0.2) is 5.82 Å². The van der Waals surface area contributed by atoms with Gasteiger partial charge in [0.2, 0.25) is 11.9 Å². The molecule has 0 aromatic carbocycles. The Morgan fingerprint density at radius 3 is 2.16 bits per heavy atom. The molecule has 5 heterocycles. The number of carboxylic acid groups (broad SMARTS) is 2. The molecule has 0 saturated carbocycles. The van der Waals surface area contributed by atoms with Gasteiger partial charge >= 0.3 is 18.1 Å². The summed E-state index contributed by atoms with van der Waals surface area (Å²) in [4.78, 5) is 45.3. The molecule has 2 bridgehead atoms. The highest BCUT2D eigenvalue weighted by Gasteiger charge is 2.42. The summed E-state index contributed by atoms with van der Waals surface area (Å²) in [5.74, 6) is -3.64. The number of likely N-dealkylation sites (tertiary alicyclic amines) is 1. The topological polar surface area (TPSA) is 145 Å². The van der Waals surface area contributed by atoms with Crippen LogP contribution in [0.25, 0.3) is 0 Å². The largest absolute Gasteiger partial charge is 0.473 e. The molecule has 3 aliphatic heterocycles. The van der Waals surface area contributed by atoms with Gasteiger partial charge in [0.1, 0.15) is 6.54 Å². The van der Waals surface area contributed by atoms with E-state index in [4.69, 9.17) is 19.8 Å². The zero-order valence-corrected chi connectivity index (χ0v) is 20.0. The Morgan fingerprint density at radius 1 is 1.00 bits per heavy atom. The maximum atomic E-state index is 13.2. The number of piperazine rings is 1. The summed E-state index contributed by atoms with van der Waals surface area (Å²) >= 11 is 0. The zero-order valence-electron chi connectivity index (χ0n) is 20.0. The third-order valence-corrected chi connectivity index (χ3v) is 6.63. The van der Waals surface area contributed by atoms with Crippen LogP contribution in [0.2, 0.25) is 0 Å². The van der Waals surface area contributed by atoms with E-state index in [1.54, 1.807) is 4.90 Å². The molecule has 3 aliphatic rings. The van der Waals surface area contributed by atoms with Crippen LogP contribution in [0, 0.1) is 5.82 Å². The lowest BCUT2D eigenvalue weighted by Gasteiger charge is -2.41. The molecule has 0 radical (unpaired) electrons. The molecule has 0 spiro atoms. The number of carboxylic acids is 2. The van der Waals surface area contributed by atoms with Gasteiger partial charge in [0, 0.05) is 55.9 Å². The average Bonchev–Trinajstić information content (AvgIpc) is 3.35. The Labute approximate surface area is 213 Å². The standard InChI is InChI=1S/C20H23F4N7O.C2H2O4/c21-14-6-25-19(26-7-14)31-15-1-2-16(31)10-28(9-15)11-18(32)29-4-3-17-13(8-29)5-27-30(17)12-20(22,23)24;3-1(4)2(5)6/h5-7,15-16H,1-4,8-12H2;(H,3,4)(H,5,6). The van der Waals surface area contributed by atoms with Crippen LogP contribution in [0.15, 0.2) is 18.6 Å². The molecule has 38 heavy (non-hydrogen) atoms. The van der Waals surface area contributed by atoms with Crippen molar-refractivity contribution in [3.63, 3.8) is 0 Å². The number of halogens is 4. The van der Waals surface area contributed by atoms with E-state index in [1.807, 2.05) is 0 Å². The summed E-state index contributed by atoms with van der Waals surface area (Å²) in [5.41, 5.74) is 1.23. The monoisotopic (exact) mass is 543 g/mol. The van der Waals surface area contributed by atoms with E-state index in [2.05, 4.69) is 24.9 Å². The number of hydrogen-bond acceptors (Lipinski definition) is 8. The SMILES string of the molecule is O=C(CN1CC2CCC(C1)N2c1ncc(F)cn1)N1CCc2c(cnn2CC(F)(F)F)C1.O=C(O)C(=O)O. The van der Waals surface area contributed by atoms with Crippen LogP contribution in [0.4, 0.5) is 23.5 Å². The minimum Gasteiger partial charge on any atom is -0.473 e. The Bertz CT molecular complexity index is 1160. The smallest absolute Gasteiger partial charge is 0.414 e. The Balaban J connectivity index is 0.000000505. The van der Waals surface area contributed by atoms with Gasteiger partial charge in [0.05, 0.1) is 25.1 Å². The second kappa shape index (κ2) is 10.9. The molecular weight excluding hydrogens is 518 g/mol. The van der Waals surface area contributed by atoms with E-state index in [1.165, 1.54) is 18.6 Å². The number of carbonyl (C=O) groups excluding carboxylic acids is 1. The highest BCUT2D eigenvalue weighted by atomic mass is 19.4. The lowest BCUT2D eigenvalue weighted by atomic mass is 10.1. The van der Waals surface area contributed by atoms with E-state index >= 15 is 0 Å². The molecule has 1 amide bonds. The van der Waals surface area contributed by atoms with Crippen LogP contribution in [-0.2, 0) is 33.9 Å². The van der Waals surface area contributed by atoms with Gasteiger partial charge in [-0.25, -0.2) is 23.9 Å². The van der Waals surface area contributed by atoms with Gasteiger partial charge in [-0.15, -0.1) is 0 Å². The summed E-state index contributed by atoms with van der Waals surface area (Å²) < 4.78 is 52.3. The Morgan fingerprint density at radius 2 is 1.61 bits per heavy atom. The van der Waals surface area contributed by atoms with Crippen molar-refractivity contribution in [3.05, 3.63) is 35.7 Å². The van der Waals surface area contributed by atoms with Crippen LogP contribution in [0.5, 0.6) is 0 Å². The van der Waals surface area contributed by atoms with E-state index < -0.39 is 30.5 Å². The van der Waals surface area contributed by atoms with Crippen molar-refractivity contribution in [1.29, 1.82) is 0 Å². The van der Waals surface area contributed by atoms with Crippen LogP contribution in [0.1, 0.15) is 24.1 Å². The summed E-state index contributed by atoms with van der Waals surface area (Å²) in [6.45, 7) is 1.18. The fourth-order valence-corrected chi connectivity index (χ4v) is 5.09. The van der Waals surface area contributed by atoms with Gasteiger partial charge in [-0.3, -0.25) is 14.4 Å². The van der Waals surface area contributed by atoms with E-state index in [9.17, 15) is 22.4 Å². The Hall–Kier alpha value is -3.82. The first-order valence-corrected chi connectivity index (χ1v) is 11.7. The fourth-order valence-electron chi connectivity index (χ4n) is 5.09. The molecule has 206 valence electrons. The maximum Gasteiger partial charge on any atom is 0.414 e. The zero-order chi connectivity index (χ0) is 27.6. The Kier molecular flexibility index (Phi) is 7.80. The number of hydrogen-bond donors (Lipinski definition) is 2. The van der Waals surface area contributed by atoms with Gasteiger partial charge in [-0.2, -0.15) is 18.3 Å². The molecule has 2 aromatic rings. The minimum absolute atomic E-state index is 0.0369. The number of carbonyl (C=O) groups is 3. The molecule has 2 saturated heterocycles. The molecule has 2 fully saturated rings. The molecule has 2 aromatic heterocycles. The van der Waals surface area contributed by atoms with Gasteiger partial charge in [-0.1, -0.05) is 0 Å². The van der Waals surface area contributed by atoms with Gasteiger partial charge in [-0.05, 0) is 12.8 Å². The normalized spacial score (nSPS) is 20.9. The second-order valence-electron chi connectivity index (χ2n) is 9.25. The molecular formula is C22H25F4N7O5. The van der Waals surface area contributed by atoms with Gasteiger partial charge < -0.3 is 20.0 Å². The molecule has 16 heteroatoms. The second-order valence-corrected chi connectivity index (χ2v) is 9.25. The summed E-state index contributed by atoms with van der Waals surface area (Å²) in [6, 6.07) is 0.334. The van der Waals surface area contributed by atoms with Gasteiger partial charge in [0.25, 0.3) is 0 Å². The van der Waals surface area contributed by atoms with Crippen molar-refractivity contribution in [2.75, 3.05) is 31.1 Å². The predicted molar refractivity (Wildman–Crippen MR) is 120 cm³/mol. The maximum absolute atomic E-state index is 13.2. The number of anilines is 1. The van der Waals surface area contributed by atoms with E-state index in [0.717, 1.165) is 17.5 Å². The van der Waals surface area contributed by atoms with Crippen molar-refractivity contribution < 1.29 is 42.2 Å². The van der Waals surface area contributed by atoms with Crippen molar-refractivity contribution in [2.45, 2.75) is 50.6 Å². The number of nitrogens with zero attached hydrogens (tertiary/aromatic N) is 7. The fraction of sp³-hybridized carbons (Fsp3) is 0.545. The number of aliphatic carboxylic acids is 2. The van der Waals surface area contributed by atoms with Crippen molar-refractivity contribution >= 4 is 23.8 Å². The third kappa shape index (κ3) is 6.35. The molecule has 0 aliphatic carbocycles. The van der Waals surface area contributed by atoms with Crippen molar-refractivity contribution in [1.82, 2.24) is 29.5 Å². The lowest BCUT2D eigenvalue weighted by molar-refractivity contribution is -0.159. The third-order valence-electron chi connectivity index (χ3n) is 6.63. The summed E-state index contributed by atoms with van der Waals surface area (Å²) in [5, 5.41) is 18.7. The van der Waals surface area contributed by atoms with Crippen molar-refractivity contribution in [2.24, 2.45) is 0 Å². The van der Waals surface area contributed by atoms with Crippen LogP contribution in [-0.4, -0.2) is 102 Å². The van der Waals surface area contributed by atoms with Crippen LogP contribution >= 0.6 is 0 Å². The quantitative estimate of drug-likeness (QED) is 0.419. The van der Waals surface area contributed by atoms with Crippen LogP contribution in [0.3, 0.4) is 0 Å². The molecule has 12 nitrogen and oxygen atoms in total. The number of rotatable bonds is 4. The van der Waals surface area contributed by atoms with E-state index in [-0.39, 0.29) is 31.1 Å². The summed E-state index contributed by atoms with van der Waals surface area (Å²) in [6.07, 6.45) is 1.72. The van der Waals surface area contributed by atoms with Crippen LogP contribution < -0.4 is 4.90 Å². The first-order valence-electron chi connectivity index (χ1n) is 11.7. The first kappa shape index (κ1) is 27.2. The minimum atomic E-state index is -4.33. The molecule has 5 rings (SSSR count). The van der Waals surface area contributed by atoms with Crippen molar-refractivity contribution in [3.8, 4) is 0 Å². The lowest BCUT2D eigenvalue weighted by Crippen LogP contribution is -2.56. The van der Waals surface area contributed by atoms with E-state index in [0.29, 0.717) is 43.3 Å². The average molecular weight is 543 g/mol.